The van der Waals surface area contributed by atoms with Gasteiger partial charge in [-0.1, -0.05) is 38.3 Å². The summed E-state index contributed by atoms with van der Waals surface area (Å²) in [5, 5.41) is 24.4. The Balaban J connectivity index is 1.62. The van der Waals surface area contributed by atoms with Crippen molar-refractivity contribution < 1.29 is 9.85 Å². The van der Waals surface area contributed by atoms with Crippen LogP contribution in [0.15, 0.2) is 84.9 Å². The SMILES string of the molecule is CCCCCCn1c2ccc(-c3ccc([N+](=O)[O-])cc3)cc2c2cc(-c3ccc([N+](=O)[O-])cc3)ccc21. The van der Waals surface area contributed by atoms with E-state index in [1.54, 1.807) is 24.3 Å². The van der Waals surface area contributed by atoms with E-state index in [-0.39, 0.29) is 11.4 Å². The van der Waals surface area contributed by atoms with Gasteiger partial charge in [-0.3, -0.25) is 20.2 Å². The molecule has 0 amide bonds. The van der Waals surface area contributed by atoms with Crippen molar-refractivity contribution in [3.8, 4) is 22.3 Å². The minimum absolute atomic E-state index is 0.0706. The zero-order valence-corrected chi connectivity index (χ0v) is 20.6. The molecule has 0 spiro atoms. The molecule has 0 N–H and O–H groups in total. The van der Waals surface area contributed by atoms with E-state index in [1.165, 1.54) is 43.5 Å². The predicted molar refractivity (Wildman–Crippen MR) is 148 cm³/mol. The third-order valence-electron chi connectivity index (χ3n) is 6.92. The van der Waals surface area contributed by atoms with Crippen molar-refractivity contribution in [2.24, 2.45) is 0 Å². The molecule has 186 valence electrons. The monoisotopic (exact) mass is 493 g/mol. The molecule has 0 radical (unpaired) electrons. The summed E-state index contributed by atoms with van der Waals surface area (Å²) in [4.78, 5) is 21.4. The van der Waals surface area contributed by atoms with Gasteiger partial charge in [0.2, 0.25) is 0 Å². The van der Waals surface area contributed by atoms with Crippen LogP contribution in [-0.2, 0) is 6.54 Å². The molecule has 0 fully saturated rings. The molecule has 0 aliphatic carbocycles. The molecular weight excluding hydrogens is 466 g/mol. The van der Waals surface area contributed by atoms with E-state index in [1.807, 2.05) is 0 Å². The van der Waals surface area contributed by atoms with Gasteiger partial charge < -0.3 is 4.57 Å². The highest BCUT2D eigenvalue weighted by molar-refractivity contribution is 6.10. The van der Waals surface area contributed by atoms with E-state index >= 15 is 0 Å². The number of unbranched alkanes of at least 4 members (excludes halogenated alkanes) is 3. The first-order valence-corrected chi connectivity index (χ1v) is 12.5. The molecule has 7 nitrogen and oxygen atoms in total. The van der Waals surface area contributed by atoms with Gasteiger partial charge in [0.1, 0.15) is 0 Å². The van der Waals surface area contributed by atoms with Crippen molar-refractivity contribution >= 4 is 33.2 Å². The average Bonchev–Trinajstić information content (AvgIpc) is 3.23. The predicted octanol–water partition coefficient (Wildman–Crippen LogP) is 8.53. The Hall–Kier alpha value is -4.52. The van der Waals surface area contributed by atoms with Gasteiger partial charge in [0.25, 0.3) is 11.4 Å². The molecule has 1 aromatic heterocycles. The van der Waals surface area contributed by atoms with E-state index in [0.29, 0.717) is 0 Å². The summed E-state index contributed by atoms with van der Waals surface area (Å²) >= 11 is 0. The van der Waals surface area contributed by atoms with Gasteiger partial charge in [0.05, 0.1) is 9.85 Å². The molecule has 0 saturated heterocycles. The molecule has 1 heterocycles. The van der Waals surface area contributed by atoms with Crippen LogP contribution in [-0.4, -0.2) is 14.4 Å². The Morgan fingerprint density at radius 1 is 0.595 bits per heavy atom. The van der Waals surface area contributed by atoms with Crippen molar-refractivity contribution in [1.29, 1.82) is 0 Å². The van der Waals surface area contributed by atoms with Crippen LogP contribution in [0.4, 0.5) is 11.4 Å². The number of nitro benzene ring substituents is 2. The highest BCUT2D eigenvalue weighted by Gasteiger charge is 2.14. The van der Waals surface area contributed by atoms with Crippen LogP contribution in [0.25, 0.3) is 44.1 Å². The lowest BCUT2D eigenvalue weighted by Gasteiger charge is -2.08. The number of nitrogens with zero attached hydrogens (tertiary/aromatic N) is 3. The minimum atomic E-state index is -0.390. The molecule has 0 bridgehead atoms. The topological polar surface area (TPSA) is 91.2 Å². The molecule has 5 rings (SSSR count). The van der Waals surface area contributed by atoms with Gasteiger partial charge in [-0.15, -0.1) is 0 Å². The van der Waals surface area contributed by atoms with Crippen LogP contribution in [0.3, 0.4) is 0 Å². The van der Waals surface area contributed by atoms with E-state index in [2.05, 4.69) is 47.9 Å². The lowest BCUT2D eigenvalue weighted by atomic mass is 10.00. The van der Waals surface area contributed by atoms with E-state index in [9.17, 15) is 20.2 Å². The Kier molecular flexibility index (Phi) is 6.68. The third kappa shape index (κ3) is 4.80. The summed E-state index contributed by atoms with van der Waals surface area (Å²) in [5.41, 5.74) is 6.27. The third-order valence-corrected chi connectivity index (χ3v) is 6.92. The average molecular weight is 494 g/mol. The molecule has 37 heavy (non-hydrogen) atoms. The van der Waals surface area contributed by atoms with Gasteiger partial charge in [-0.25, -0.2) is 0 Å². The zero-order valence-electron chi connectivity index (χ0n) is 20.6. The second-order valence-electron chi connectivity index (χ2n) is 9.28. The maximum Gasteiger partial charge on any atom is 0.269 e. The summed E-state index contributed by atoms with van der Waals surface area (Å²) in [6.07, 6.45) is 4.68. The number of aromatic nitrogens is 1. The normalized spacial score (nSPS) is 11.3. The largest absolute Gasteiger partial charge is 0.340 e. The van der Waals surface area contributed by atoms with E-state index in [0.717, 1.165) is 57.0 Å². The fourth-order valence-electron chi connectivity index (χ4n) is 4.95. The van der Waals surface area contributed by atoms with Gasteiger partial charge in [0, 0.05) is 52.6 Å². The van der Waals surface area contributed by atoms with Crippen molar-refractivity contribution in [3.63, 3.8) is 0 Å². The summed E-state index contributed by atoms with van der Waals surface area (Å²) in [7, 11) is 0. The van der Waals surface area contributed by atoms with Crippen LogP contribution < -0.4 is 0 Å². The van der Waals surface area contributed by atoms with E-state index < -0.39 is 9.85 Å². The molecule has 5 aromatic rings. The van der Waals surface area contributed by atoms with Gasteiger partial charge >= 0.3 is 0 Å². The Bertz CT molecular complexity index is 1490. The second-order valence-corrected chi connectivity index (χ2v) is 9.28. The number of hydrogen-bond donors (Lipinski definition) is 0. The molecule has 0 atom stereocenters. The summed E-state index contributed by atoms with van der Waals surface area (Å²) < 4.78 is 2.37. The minimum Gasteiger partial charge on any atom is -0.340 e. The number of hydrogen-bond acceptors (Lipinski definition) is 4. The van der Waals surface area contributed by atoms with Crippen molar-refractivity contribution in [2.75, 3.05) is 0 Å². The highest BCUT2D eigenvalue weighted by atomic mass is 16.6. The molecule has 0 unspecified atom stereocenters. The fourth-order valence-corrected chi connectivity index (χ4v) is 4.95. The molecular formula is C30H27N3O4. The van der Waals surface area contributed by atoms with E-state index in [4.69, 9.17) is 0 Å². The first kappa shape index (κ1) is 24.2. The number of non-ortho nitro benzene ring substituents is 2. The van der Waals surface area contributed by atoms with Crippen molar-refractivity contribution in [2.45, 2.75) is 39.2 Å². The number of fused-ring (bicyclic) bond motifs is 3. The highest BCUT2D eigenvalue weighted by Crippen LogP contribution is 2.36. The number of aryl methyl sites for hydroxylation is 1. The van der Waals surface area contributed by atoms with Crippen LogP contribution >= 0.6 is 0 Å². The zero-order chi connectivity index (χ0) is 25.9. The maximum absolute atomic E-state index is 11.1. The van der Waals surface area contributed by atoms with Crippen LogP contribution in [0, 0.1) is 20.2 Å². The maximum atomic E-state index is 11.1. The lowest BCUT2D eigenvalue weighted by molar-refractivity contribution is -0.385. The molecule has 0 aliphatic rings. The second kappa shape index (κ2) is 10.2. The fraction of sp³-hybridized carbons (Fsp3) is 0.200. The Labute approximate surface area is 214 Å². The van der Waals surface area contributed by atoms with Crippen LogP contribution in [0.2, 0.25) is 0 Å². The number of nitro groups is 2. The molecule has 7 heteroatoms. The van der Waals surface area contributed by atoms with Crippen LogP contribution in [0.5, 0.6) is 0 Å². The Morgan fingerprint density at radius 2 is 1.03 bits per heavy atom. The number of benzene rings is 4. The van der Waals surface area contributed by atoms with Gasteiger partial charge in [-0.05, 0) is 77.2 Å². The van der Waals surface area contributed by atoms with Crippen molar-refractivity contribution in [1.82, 2.24) is 4.57 Å². The van der Waals surface area contributed by atoms with Gasteiger partial charge in [-0.2, -0.15) is 0 Å². The number of rotatable bonds is 9. The quantitative estimate of drug-likeness (QED) is 0.117. The van der Waals surface area contributed by atoms with Crippen LogP contribution in [0.1, 0.15) is 32.6 Å². The smallest absolute Gasteiger partial charge is 0.269 e. The van der Waals surface area contributed by atoms with Crippen molar-refractivity contribution in [3.05, 3.63) is 105 Å². The lowest BCUT2D eigenvalue weighted by Crippen LogP contribution is -1.97. The summed E-state index contributed by atoms with van der Waals surface area (Å²) in [6.45, 7) is 3.13. The summed E-state index contributed by atoms with van der Waals surface area (Å²) in [6, 6.07) is 26.0. The Morgan fingerprint density at radius 3 is 1.43 bits per heavy atom. The first-order valence-electron chi connectivity index (χ1n) is 12.5. The molecule has 0 aliphatic heterocycles. The molecule has 4 aromatic carbocycles. The first-order chi connectivity index (χ1) is 18.0. The summed E-state index contributed by atoms with van der Waals surface area (Å²) in [5.74, 6) is 0. The van der Waals surface area contributed by atoms with Gasteiger partial charge in [0.15, 0.2) is 0 Å². The molecule has 0 saturated carbocycles. The standard InChI is InChI=1S/C30H27N3O4/c1-2-3-4-5-18-31-29-16-10-23(21-6-12-25(13-7-21)32(34)35)19-27(29)28-20-24(11-17-30(28)31)22-8-14-26(15-9-22)33(36)37/h6-17,19-20H,2-5,18H2,1H3.